The predicted molar refractivity (Wildman–Crippen MR) is 72.1 cm³/mol. The predicted octanol–water partition coefficient (Wildman–Crippen LogP) is 0.846. The molecule has 0 aromatic carbocycles. The quantitative estimate of drug-likeness (QED) is 0.803. The number of aliphatic hydroxyl groups is 1. The van der Waals surface area contributed by atoms with Crippen LogP contribution >= 0.6 is 0 Å². The summed E-state index contributed by atoms with van der Waals surface area (Å²) >= 11 is 0. The summed E-state index contributed by atoms with van der Waals surface area (Å²) in [6, 6.07) is 0.514. The minimum Gasteiger partial charge on any atom is -0.393 e. The van der Waals surface area contributed by atoms with Crippen LogP contribution < -0.4 is 5.32 Å². The number of aromatic nitrogens is 4. The van der Waals surface area contributed by atoms with Gasteiger partial charge in [0.25, 0.3) is 0 Å². The molecule has 1 saturated carbocycles. The smallest absolute Gasteiger partial charge is 0.167 e. The van der Waals surface area contributed by atoms with E-state index in [0.29, 0.717) is 6.04 Å². The molecular formula is C13H15N5O2. The van der Waals surface area contributed by atoms with Crippen molar-refractivity contribution < 1.29 is 9.84 Å². The highest BCUT2D eigenvalue weighted by molar-refractivity contribution is 5.83. The normalized spacial score (nSPS) is 25.4. The molecule has 0 amide bonds. The number of anilines is 1. The summed E-state index contributed by atoms with van der Waals surface area (Å²) in [6.45, 7) is -0.0247. The highest BCUT2D eigenvalue weighted by Crippen LogP contribution is 2.29. The van der Waals surface area contributed by atoms with E-state index in [2.05, 4.69) is 20.3 Å². The SMILES string of the molecule is OC[C@@H]1C=C[C@H](n2cnc3c(NC4CC4)ncnc32)O1. The molecule has 7 heteroatoms. The van der Waals surface area contributed by atoms with Crippen LogP contribution in [0, 0.1) is 0 Å². The fourth-order valence-electron chi connectivity index (χ4n) is 2.32. The Morgan fingerprint density at radius 2 is 2.20 bits per heavy atom. The van der Waals surface area contributed by atoms with Crippen LogP contribution in [0.25, 0.3) is 11.2 Å². The summed E-state index contributed by atoms with van der Waals surface area (Å²) in [7, 11) is 0. The average molecular weight is 273 g/mol. The molecule has 2 aromatic heterocycles. The number of ether oxygens (including phenoxy) is 1. The van der Waals surface area contributed by atoms with Gasteiger partial charge < -0.3 is 15.2 Å². The monoisotopic (exact) mass is 273 g/mol. The van der Waals surface area contributed by atoms with Gasteiger partial charge in [0.15, 0.2) is 23.2 Å². The van der Waals surface area contributed by atoms with Gasteiger partial charge in [0.1, 0.15) is 12.4 Å². The molecule has 0 saturated heterocycles. The third-order valence-corrected chi connectivity index (χ3v) is 3.54. The van der Waals surface area contributed by atoms with Gasteiger partial charge in [-0.2, -0.15) is 0 Å². The minimum absolute atomic E-state index is 0.0247. The highest BCUT2D eigenvalue weighted by atomic mass is 16.5. The first kappa shape index (κ1) is 11.8. The largest absolute Gasteiger partial charge is 0.393 e. The minimum atomic E-state index is -0.277. The summed E-state index contributed by atoms with van der Waals surface area (Å²) in [5, 5.41) is 12.5. The van der Waals surface area contributed by atoms with E-state index in [1.165, 1.54) is 19.2 Å². The fourth-order valence-corrected chi connectivity index (χ4v) is 2.32. The topological polar surface area (TPSA) is 85.1 Å². The zero-order valence-corrected chi connectivity index (χ0v) is 10.8. The zero-order chi connectivity index (χ0) is 13.5. The first-order valence-electron chi connectivity index (χ1n) is 6.74. The van der Waals surface area contributed by atoms with E-state index in [1.54, 1.807) is 6.33 Å². The van der Waals surface area contributed by atoms with E-state index >= 15 is 0 Å². The van der Waals surface area contributed by atoms with Crippen LogP contribution in [0.5, 0.6) is 0 Å². The highest BCUT2D eigenvalue weighted by Gasteiger charge is 2.25. The van der Waals surface area contributed by atoms with Gasteiger partial charge in [0, 0.05) is 6.04 Å². The Hall–Kier alpha value is -1.99. The van der Waals surface area contributed by atoms with Crippen LogP contribution in [0.1, 0.15) is 19.1 Å². The van der Waals surface area contributed by atoms with E-state index in [4.69, 9.17) is 9.84 Å². The molecule has 3 heterocycles. The first-order valence-corrected chi connectivity index (χ1v) is 6.74. The second-order valence-electron chi connectivity index (χ2n) is 5.10. The molecule has 2 aromatic rings. The van der Waals surface area contributed by atoms with Crippen LogP contribution in [-0.2, 0) is 4.74 Å². The van der Waals surface area contributed by atoms with Crippen molar-refractivity contribution in [3.05, 3.63) is 24.8 Å². The molecule has 2 atom stereocenters. The molecule has 20 heavy (non-hydrogen) atoms. The number of imidazole rings is 1. The Kier molecular flexibility index (Phi) is 2.68. The van der Waals surface area contributed by atoms with E-state index in [1.807, 2.05) is 16.7 Å². The van der Waals surface area contributed by atoms with E-state index in [-0.39, 0.29) is 18.9 Å². The van der Waals surface area contributed by atoms with Gasteiger partial charge in [-0.3, -0.25) is 4.57 Å². The molecule has 2 aliphatic rings. The molecule has 1 fully saturated rings. The van der Waals surface area contributed by atoms with Crippen LogP contribution in [-0.4, -0.2) is 43.4 Å². The lowest BCUT2D eigenvalue weighted by atomic mass is 10.4. The van der Waals surface area contributed by atoms with Gasteiger partial charge in [0.05, 0.1) is 12.9 Å². The summed E-state index contributed by atoms with van der Waals surface area (Å²) < 4.78 is 7.53. The average Bonchev–Trinajstić information content (AvgIpc) is 3.01. The van der Waals surface area contributed by atoms with Crippen LogP contribution in [0.4, 0.5) is 5.82 Å². The number of nitrogens with zero attached hydrogens (tertiary/aromatic N) is 4. The maximum atomic E-state index is 9.11. The number of aliphatic hydroxyl groups excluding tert-OH is 1. The van der Waals surface area contributed by atoms with Crippen LogP contribution in [0.15, 0.2) is 24.8 Å². The number of hydrogen-bond acceptors (Lipinski definition) is 6. The summed E-state index contributed by atoms with van der Waals surface area (Å²) in [5.41, 5.74) is 1.49. The van der Waals surface area contributed by atoms with Crippen LogP contribution in [0.3, 0.4) is 0 Å². The van der Waals surface area contributed by atoms with E-state index < -0.39 is 0 Å². The van der Waals surface area contributed by atoms with Crippen molar-refractivity contribution in [2.24, 2.45) is 0 Å². The standard InChI is InChI=1S/C13H15N5O2/c19-5-9-3-4-10(20-9)18-7-16-11-12(17-8-1-2-8)14-6-15-13(11)18/h3-4,6-10,19H,1-2,5H2,(H,14,15,17)/t9-,10+/m0/s1. The molecule has 0 radical (unpaired) electrons. The molecule has 0 spiro atoms. The second kappa shape index (κ2) is 4.53. The lowest BCUT2D eigenvalue weighted by molar-refractivity contribution is -0.00638. The molecule has 7 nitrogen and oxygen atoms in total. The number of rotatable bonds is 4. The molecule has 4 rings (SSSR count). The van der Waals surface area contributed by atoms with Crippen molar-refractivity contribution in [3.8, 4) is 0 Å². The van der Waals surface area contributed by atoms with Crippen molar-refractivity contribution in [1.82, 2.24) is 19.5 Å². The Morgan fingerprint density at radius 1 is 1.30 bits per heavy atom. The summed E-state index contributed by atoms with van der Waals surface area (Å²) in [5.74, 6) is 0.775. The number of hydrogen-bond donors (Lipinski definition) is 2. The lowest BCUT2D eigenvalue weighted by Crippen LogP contribution is -2.15. The van der Waals surface area contributed by atoms with Gasteiger partial charge in [-0.25, -0.2) is 15.0 Å². The third-order valence-electron chi connectivity index (χ3n) is 3.54. The summed E-state index contributed by atoms with van der Waals surface area (Å²) in [6.07, 6.45) is 8.81. The van der Waals surface area contributed by atoms with E-state index in [0.717, 1.165) is 17.0 Å². The summed E-state index contributed by atoms with van der Waals surface area (Å²) in [4.78, 5) is 13.0. The molecule has 1 aliphatic carbocycles. The van der Waals surface area contributed by atoms with Gasteiger partial charge >= 0.3 is 0 Å². The van der Waals surface area contributed by atoms with Crippen LogP contribution in [0.2, 0.25) is 0 Å². The molecular weight excluding hydrogens is 258 g/mol. The molecule has 1 aliphatic heterocycles. The van der Waals surface area contributed by atoms with E-state index in [9.17, 15) is 0 Å². The molecule has 0 unspecified atom stereocenters. The zero-order valence-electron chi connectivity index (χ0n) is 10.8. The number of nitrogens with one attached hydrogen (secondary N) is 1. The van der Waals surface area contributed by atoms with Gasteiger partial charge in [-0.05, 0) is 18.9 Å². The van der Waals surface area contributed by atoms with Gasteiger partial charge in [0.2, 0.25) is 0 Å². The Bertz CT molecular complexity index is 664. The Labute approximate surface area is 115 Å². The van der Waals surface area contributed by atoms with Crippen molar-refractivity contribution in [1.29, 1.82) is 0 Å². The number of fused-ring (bicyclic) bond motifs is 1. The van der Waals surface area contributed by atoms with Crippen molar-refractivity contribution >= 4 is 17.0 Å². The van der Waals surface area contributed by atoms with Crippen molar-refractivity contribution in [3.63, 3.8) is 0 Å². The van der Waals surface area contributed by atoms with Gasteiger partial charge in [-0.15, -0.1) is 0 Å². The molecule has 2 N–H and O–H groups in total. The van der Waals surface area contributed by atoms with Gasteiger partial charge in [-0.1, -0.05) is 6.08 Å². The second-order valence-corrected chi connectivity index (χ2v) is 5.10. The maximum Gasteiger partial charge on any atom is 0.167 e. The molecule has 104 valence electrons. The van der Waals surface area contributed by atoms with Crippen molar-refractivity contribution in [2.45, 2.75) is 31.2 Å². The Morgan fingerprint density at radius 3 is 2.95 bits per heavy atom. The maximum absolute atomic E-state index is 9.11. The third kappa shape index (κ3) is 1.95. The fraction of sp³-hybridized carbons (Fsp3) is 0.462. The molecule has 0 bridgehead atoms. The Balaban J connectivity index is 1.69. The first-order chi connectivity index (χ1) is 9.85. The van der Waals surface area contributed by atoms with Crippen molar-refractivity contribution in [2.75, 3.05) is 11.9 Å². The lowest BCUT2D eigenvalue weighted by Gasteiger charge is -2.14.